The van der Waals surface area contributed by atoms with Crippen LogP contribution >= 0.6 is 0 Å². The summed E-state index contributed by atoms with van der Waals surface area (Å²) >= 11 is 0. The number of benzene rings is 2. The maximum absolute atomic E-state index is 13.2. The number of rotatable bonds is 6. The minimum absolute atomic E-state index is 0.141. The molecule has 8 heteroatoms. The van der Waals surface area contributed by atoms with Crippen molar-refractivity contribution in [3.8, 4) is 0 Å². The predicted molar refractivity (Wildman–Crippen MR) is 121 cm³/mol. The first-order valence-electron chi connectivity index (χ1n) is 10.4. The van der Waals surface area contributed by atoms with E-state index in [0.29, 0.717) is 5.69 Å². The number of para-hydroxylation sites is 1. The second kappa shape index (κ2) is 9.59. The van der Waals surface area contributed by atoms with Crippen LogP contribution in [0.25, 0.3) is 0 Å². The predicted octanol–water partition coefficient (Wildman–Crippen LogP) is 3.91. The molecular formula is C23H28N4O4. The Hall–Kier alpha value is -3.42. The summed E-state index contributed by atoms with van der Waals surface area (Å²) < 4.78 is 0. The number of nitro benzene ring substituents is 1. The van der Waals surface area contributed by atoms with Crippen molar-refractivity contribution in [1.82, 2.24) is 4.90 Å². The molecule has 2 amide bonds. The first kappa shape index (κ1) is 22.3. The average molecular weight is 425 g/mol. The van der Waals surface area contributed by atoms with Crippen LogP contribution in [0.5, 0.6) is 0 Å². The van der Waals surface area contributed by atoms with Crippen molar-refractivity contribution in [2.75, 3.05) is 36.9 Å². The molecule has 0 unspecified atom stereocenters. The maximum Gasteiger partial charge on any atom is 0.270 e. The number of non-ortho nitro benzene ring substituents is 1. The first-order chi connectivity index (χ1) is 14.8. The third-order valence-corrected chi connectivity index (χ3v) is 5.59. The van der Waals surface area contributed by atoms with Crippen LogP contribution in [0, 0.1) is 24.0 Å². The number of nitrogens with zero attached hydrogens (tertiary/aromatic N) is 3. The molecule has 31 heavy (non-hydrogen) atoms. The number of hydrogen-bond donors (Lipinski definition) is 1. The van der Waals surface area contributed by atoms with Gasteiger partial charge in [-0.1, -0.05) is 18.2 Å². The summed E-state index contributed by atoms with van der Waals surface area (Å²) in [6, 6.07) is 10.1. The number of hydrogen-bond acceptors (Lipinski definition) is 5. The van der Waals surface area contributed by atoms with Crippen molar-refractivity contribution in [2.45, 2.75) is 33.1 Å². The number of nitrogens with one attached hydrogen (secondary N) is 1. The van der Waals surface area contributed by atoms with Gasteiger partial charge in [0, 0.05) is 38.0 Å². The molecule has 2 aromatic rings. The minimum Gasteiger partial charge on any atom is -0.371 e. The Kier molecular flexibility index (Phi) is 6.89. The number of piperidine rings is 1. The lowest BCUT2D eigenvalue weighted by Crippen LogP contribution is -2.37. The van der Waals surface area contributed by atoms with Crippen LogP contribution in [0.4, 0.5) is 17.1 Å². The molecule has 0 spiro atoms. The molecule has 0 atom stereocenters. The summed E-state index contributed by atoms with van der Waals surface area (Å²) in [6.45, 7) is 5.26. The van der Waals surface area contributed by atoms with Crippen LogP contribution < -0.4 is 10.2 Å². The Labute approximate surface area is 182 Å². The average Bonchev–Trinajstić information content (AvgIpc) is 2.76. The quantitative estimate of drug-likeness (QED) is 0.560. The molecule has 1 fully saturated rings. The van der Waals surface area contributed by atoms with E-state index in [4.69, 9.17) is 0 Å². The van der Waals surface area contributed by atoms with Gasteiger partial charge >= 0.3 is 0 Å². The fourth-order valence-corrected chi connectivity index (χ4v) is 3.90. The van der Waals surface area contributed by atoms with E-state index in [1.807, 2.05) is 32.0 Å². The smallest absolute Gasteiger partial charge is 0.270 e. The zero-order valence-corrected chi connectivity index (χ0v) is 18.2. The van der Waals surface area contributed by atoms with Crippen molar-refractivity contribution < 1.29 is 14.5 Å². The highest BCUT2D eigenvalue weighted by Crippen LogP contribution is 2.29. The minimum atomic E-state index is -0.509. The van der Waals surface area contributed by atoms with E-state index in [1.54, 1.807) is 6.07 Å². The molecule has 164 valence electrons. The molecule has 0 aliphatic carbocycles. The van der Waals surface area contributed by atoms with E-state index in [-0.39, 0.29) is 23.7 Å². The van der Waals surface area contributed by atoms with Crippen LogP contribution in [-0.4, -0.2) is 48.3 Å². The van der Waals surface area contributed by atoms with Crippen molar-refractivity contribution in [2.24, 2.45) is 0 Å². The second-order valence-electron chi connectivity index (χ2n) is 7.98. The topological polar surface area (TPSA) is 95.8 Å². The van der Waals surface area contributed by atoms with Gasteiger partial charge in [0.05, 0.1) is 22.7 Å². The lowest BCUT2D eigenvalue weighted by molar-refractivity contribution is -0.384. The van der Waals surface area contributed by atoms with Crippen LogP contribution in [-0.2, 0) is 4.79 Å². The summed E-state index contributed by atoms with van der Waals surface area (Å²) in [5.41, 5.74) is 3.40. The SMILES string of the molecule is Cc1cccc(C)c1NC(=O)CN(C)C(=O)c1cc([N+](=O)[O-])ccc1N1CCCCC1. The van der Waals surface area contributed by atoms with Crippen LogP contribution in [0.15, 0.2) is 36.4 Å². The van der Waals surface area contributed by atoms with Crippen molar-refractivity contribution in [3.05, 3.63) is 63.2 Å². The van der Waals surface area contributed by atoms with E-state index in [9.17, 15) is 19.7 Å². The summed E-state index contributed by atoms with van der Waals surface area (Å²) in [4.78, 5) is 40.0. The second-order valence-corrected chi connectivity index (χ2v) is 7.98. The molecule has 2 aromatic carbocycles. The van der Waals surface area contributed by atoms with Gasteiger partial charge in [0.2, 0.25) is 5.91 Å². The van der Waals surface area contributed by atoms with Gasteiger partial charge in [0.15, 0.2) is 0 Å². The maximum atomic E-state index is 13.2. The van der Waals surface area contributed by atoms with Crippen molar-refractivity contribution in [3.63, 3.8) is 0 Å². The Balaban J connectivity index is 1.80. The fourth-order valence-electron chi connectivity index (χ4n) is 3.90. The standard InChI is InChI=1S/C23H28N4O4/c1-16-8-7-9-17(2)22(16)24-21(28)15-25(3)23(29)19-14-18(27(30)31)10-11-20(19)26-12-5-4-6-13-26/h7-11,14H,4-6,12-13,15H2,1-3H3,(H,24,28). The molecular weight excluding hydrogens is 396 g/mol. The monoisotopic (exact) mass is 424 g/mol. The molecule has 1 aliphatic rings. The number of aryl methyl sites for hydroxylation is 2. The molecule has 3 rings (SSSR count). The highest BCUT2D eigenvalue weighted by molar-refractivity contribution is 6.03. The van der Waals surface area contributed by atoms with Crippen LogP contribution in [0.2, 0.25) is 0 Å². The molecule has 0 saturated carbocycles. The van der Waals surface area contributed by atoms with E-state index in [0.717, 1.165) is 49.2 Å². The van der Waals surface area contributed by atoms with E-state index >= 15 is 0 Å². The Bertz CT molecular complexity index is 979. The van der Waals surface area contributed by atoms with Gasteiger partial charge < -0.3 is 15.1 Å². The van der Waals surface area contributed by atoms with Gasteiger partial charge in [-0.3, -0.25) is 19.7 Å². The van der Waals surface area contributed by atoms with Gasteiger partial charge in [-0.15, -0.1) is 0 Å². The number of amides is 2. The summed E-state index contributed by atoms with van der Waals surface area (Å²) in [6.07, 6.45) is 3.16. The summed E-state index contributed by atoms with van der Waals surface area (Å²) in [7, 11) is 1.53. The lowest BCUT2D eigenvalue weighted by atomic mass is 10.1. The number of likely N-dealkylation sites (N-methyl/N-ethyl adjacent to an activating group) is 1. The van der Waals surface area contributed by atoms with Crippen molar-refractivity contribution in [1.29, 1.82) is 0 Å². The highest BCUT2D eigenvalue weighted by atomic mass is 16.6. The Morgan fingerprint density at radius 3 is 2.35 bits per heavy atom. The zero-order valence-electron chi connectivity index (χ0n) is 18.2. The molecule has 1 saturated heterocycles. The zero-order chi connectivity index (χ0) is 22.5. The Morgan fingerprint density at radius 1 is 1.10 bits per heavy atom. The van der Waals surface area contributed by atoms with Crippen LogP contribution in [0.3, 0.4) is 0 Å². The molecule has 1 N–H and O–H groups in total. The third kappa shape index (κ3) is 5.20. The number of carbonyl (C=O) groups excluding carboxylic acids is 2. The number of nitro groups is 1. The van der Waals surface area contributed by atoms with E-state index in [1.165, 1.54) is 24.1 Å². The molecule has 0 aromatic heterocycles. The van der Waals surface area contributed by atoms with Gasteiger partial charge in [-0.25, -0.2) is 0 Å². The van der Waals surface area contributed by atoms with Gasteiger partial charge in [0.25, 0.3) is 11.6 Å². The third-order valence-electron chi connectivity index (χ3n) is 5.59. The normalized spacial score (nSPS) is 13.6. The van der Waals surface area contributed by atoms with E-state index < -0.39 is 10.8 Å². The largest absolute Gasteiger partial charge is 0.371 e. The number of anilines is 2. The van der Waals surface area contributed by atoms with Crippen molar-refractivity contribution >= 4 is 28.9 Å². The molecule has 0 bridgehead atoms. The molecule has 0 radical (unpaired) electrons. The van der Waals surface area contributed by atoms with Crippen LogP contribution in [0.1, 0.15) is 40.7 Å². The molecule has 8 nitrogen and oxygen atoms in total. The first-order valence-corrected chi connectivity index (χ1v) is 10.4. The summed E-state index contributed by atoms with van der Waals surface area (Å²) in [5, 5.41) is 14.2. The lowest BCUT2D eigenvalue weighted by Gasteiger charge is -2.31. The van der Waals surface area contributed by atoms with Gasteiger partial charge in [-0.05, 0) is 50.3 Å². The molecule has 1 aliphatic heterocycles. The highest BCUT2D eigenvalue weighted by Gasteiger charge is 2.25. The Morgan fingerprint density at radius 2 is 1.74 bits per heavy atom. The van der Waals surface area contributed by atoms with E-state index in [2.05, 4.69) is 10.2 Å². The van der Waals surface area contributed by atoms with Gasteiger partial charge in [-0.2, -0.15) is 0 Å². The molecule has 1 heterocycles. The number of carbonyl (C=O) groups is 2. The van der Waals surface area contributed by atoms with Gasteiger partial charge in [0.1, 0.15) is 0 Å². The fraction of sp³-hybridized carbons (Fsp3) is 0.391. The summed E-state index contributed by atoms with van der Waals surface area (Å²) in [5.74, 6) is -0.737.